The van der Waals surface area contributed by atoms with Crippen molar-refractivity contribution in [2.24, 2.45) is 0 Å². The Morgan fingerprint density at radius 3 is 1.58 bits per heavy atom. The van der Waals surface area contributed by atoms with E-state index in [1.165, 1.54) is 37.7 Å². The molecule has 2 heteroatoms. The van der Waals surface area contributed by atoms with E-state index < -0.39 is 7.26 Å². The second-order valence-corrected chi connectivity index (χ2v) is 10.6. The van der Waals surface area contributed by atoms with Gasteiger partial charge in [0.25, 0.3) is 0 Å². The molecule has 0 aromatic heterocycles. The molecular weight excluding hydrogens is 162 g/mol. The zero-order valence-corrected chi connectivity index (χ0v) is 10.2. The first-order valence-corrected chi connectivity index (χ1v) is 8.26. The summed E-state index contributed by atoms with van der Waals surface area (Å²) < 4.78 is 0. The Labute approximate surface area is 79.3 Å². The van der Waals surface area contributed by atoms with Crippen molar-refractivity contribution in [1.29, 1.82) is 0 Å². The van der Waals surface area contributed by atoms with Crippen LogP contribution < -0.4 is 0 Å². The van der Waals surface area contributed by atoms with E-state index in [-0.39, 0.29) is 0 Å². The summed E-state index contributed by atoms with van der Waals surface area (Å²) in [7, 11) is 1.71. The third-order valence-electron chi connectivity index (χ3n) is 4.77. The van der Waals surface area contributed by atoms with Crippen LogP contribution in [0.4, 0.5) is 0 Å². The molecule has 0 bridgehead atoms. The molecule has 72 valence electrons. The summed E-state index contributed by atoms with van der Waals surface area (Å²) in [5.41, 5.74) is 0. The summed E-state index contributed by atoms with van der Waals surface area (Å²) in [6, 6.07) is 0. The monoisotopic (exact) mass is 186 g/mol. The van der Waals surface area contributed by atoms with Crippen LogP contribution in [0.5, 0.6) is 0 Å². The van der Waals surface area contributed by atoms with Crippen LogP contribution in [0.25, 0.3) is 0 Å². The Morgan fingerprint density at radius 1 is 1.08 bits per heavy atom. The number of hydrogen-bond donors (Lipinski definition) is 0. The van der Waals surface area contributed by atoms with Gasteiger partial charge in [-0.05, 0) is 0 Å². The van der Waals surface area contributed by atoms with E-state index in [0.717, 1.165) is 5.06 Å². The average molecular weight is 186 g/mol. The first-order chi connectivity index (χ1) is 5.64. The minimum atomic E-state index is -0.858. The van der Waals surface area contributed by atoms with Crippen molar-refractivity contribution in [3.63, 3.8) is 0 Å². The molecule has 12 heavy (non-hydrogen) atoms. The van der Waals surface area contributed by atoms with E-state index in [0.29, 0.717) is 0 Å². The predicted octanol–water partition coefficient (Wildman–Crippen LogP) is 2.31. The fourth-order valence-electron chi connectivity index (χ4n) is 3.27. The standard InChI is InChI=1S/C10H24BP/c1-4-12(5-2,6-3)10(11)8-7-9-10/h12H,4-9,11H2,1-3H3. The maximum absolute atomic E-state index is 2.57. The van der Waals surface area contributed by atoms with Crippen molar-refractivity contribution in [2.45, 2.75) is 45.1 Å². The summed E-state index contributed by atoms with van der Waals surface area (Å²) in [4.78, 5) is 0. The fourth-order valence-corrected chi connectivity index (χ4v) is 8.74. The first-order valence-electron chi connectivity index (χ1n) is 5.64. The van der Waals surface area contributed by atoms with Gasteiger partial charge in [0.2, 0.25) is 0 Å². The number of rotatable bonds is 4. The molecule has 1 fully saturated rings. The van der Waals surface area contributed by atoms with Gasteiger partial charge in [0.05, 0.1) is 0 Å². The van der Waals surface area contributed by atoms with E-state index in [1.54, 1.807) is 0 Å². The van der Waals surface area contributed by atoms with E-state index in [4.69, 9.17) is 0 Å². The third-order valence-corrected chi connectivity index (χ3v) is 11.9. The molecule has 0 unspecified atom stereocenters. The van der Waals surface area contributed by atoms with Gasteiger partial charge in [-0.3, -0.25) is 0 Å². The van der Waals surface area contributed by atoms with Crippen LogP contribution >= 0.6 is 7.26 Å². The zero-order chi connectivity index (χ0) is 9.24. The molecule has 0 radical (unpaired) electrons. The molecule has 0 N–H and O–H groups in total. The van der Waals surface area contributed by atoms with E-state index in [9.17, 15) is 0 Å². The van der Waals surface area contributed by atoms with Crippen LogP contribution in [0, 0.1) is 0 Å². The van der Waals surface area contributed by atoms with Gasteiger partial charge < -0.3 is 0 Å². The van der Waals surface area contributed by atoms with Crippen LogP contribution in [0.2, 0.25) is 0 Å². The maximum atomic E-state index is 2.57. The summed E-state index contributed by atoms with van der Waals surface area (Å²) in [6.07, 6.45) is 9.11. The first kappa shape index (κ1) is 10.6. The quantitative estimate of drug-likeness (QED) is 0.466. The summed E-state index contributed by atoms with van der Waals surface area (Å²) >= 11 is 0. The van der Waals surface area contributed by atoms with Crippen LogP contribution in [0.15, 0.2) is 0 Å². The molecule has 0 aromatic carbocycles. The molecule has 1 saturated carbocycles. The minimum absolute atomic E-state index is 0.825. The van der Waals surface area contributed by atoms with Crippen molar-refractivity contribution in [3.8, 4) is 0 Å². The Balaban J connectivity index is 2.75. The fraction of sp³-hybridized carbons (Fsp3) is 1.00. The Hall–Kier alpha value is 0.495. The van der Waals surface area contributed by atoms with Crippen molar-refractivity contribution in [2.75, 3.05) is 18.5 Å². The zero-order valence-electron chi connectivity index (χ0n) is 9.24. The Bertz CT molecular complexity index is 140. The molecule has 0 spiro atoms. The predicted molar refractivity (Wildman–Crippen MR) is 65.1 cm³/mol. The molecule has 0 aliphatic heterocycles. The van der Waals surface area contributed by atoms with Crippen molar-refractivity contribution < 1.29 is 0 Å². The second kappa shape index (κ2) is 3.70. The normalized spacial score (nSPS) is 23.2. The molecule has 0 amide bonds. The third kappa shape index (κ3) is 1.35. The summed E-state index contributed by atoms with van der Waals surface area (Å²) in [5, 5.41) is 0.825. The van der Waals surface area contributed by atoms with Gasteiger partial charge in [-0.2, -0.15) is 0 Å². The molecule has 0 aromatic rings. The van der Waals surface area contributed by atoms with Gasteiger partial charge in [0.15, 0.2) is 0 Å². The van der Waals surface area contributed by atoms with Crippen LogP contribution in [0.1, 0.15) is 40.0 Å². The average Bonchev–Trinajstić information content (AvgIpc) is 2.05. The molecule has 0 heterocycles. The van der Waals surface area contributed by atoms with Crippen LogP contribution in [-0.4, -0.2) is 31.4 Å². The Morgan fingerprint density at radius 2 is 1.50 bits per heavy atom. The molecular formula is C10H24BP. The van der Waals surface area contributed by atoms with Gasteiger partial charge in [0.1, 0.15) is 0 Å². The van der Waals surface area contributed by atoms with Gasteiger partial charge in [-0.1, -0.05) is 0 Å². The van der Waals surface area contributed by atoms with Crippen molar-refractivity contribution in [3.05, 3.63) is 0 Å². The van der Waals surface area contributed by atoms with Gasteiger partial charge in [-0.15, -0.1) is 0 Å². The van der Waals surface area contributed by atoms with E-state index in [2.05, 4.69) is 28.6 Å². The molecule has 0 saturated heterocycles. The van der Waals surface area contributed by atoms with Gasteiger partial charge >= 0.3 is 78.7 Å². The molecule has 1 rings (SSSR count). The van der Waals surface area contributed by atoms with Crippen LogP contribution in [-0.2, 0) is 0 Å². The molecule has 0 atom stereocenters. The van der Waals surface area contributed by atoms with Gasteiger partial charge in [0, 0.05) is 0 Å². The van der Waals surface area contributed by atoms with Gasteiger partial charge in [-0.25, -0.2) is 0 Å². The summed E-state index contributed by atoms with van der Waals surface area (Å²) in [6.45, 7) is 7.30. The van der Waals surface area contributed by atoms with Crippen molar-refractivity contribution in [1.82, 2.24) is 0 Å². The summed E-state index contributed by atoms with van der Waals surface area (Å²) in [5.74, 6) is 0. The Kier molecular flexibility index (Phi) is 3.26. The SMILES string of the molecule is BC1([PH](CC)(CC)CC)CCC1. The number of hydrogen-bond acceptors (Lipinski definition) is 0. The second-order valence-electron chi connectivity index (χ2n) is 4.76. The van der Waals surface area contributed by atoms with E-state index >= 15 is 0 Å². The topological polar surface area (TPSA) is 0 Å². The van der Waals surface area contributed by atoms with Crippen LogP contribution in [0.3, 0.4) is 0 Å². The van der Waals surface area contributed by atoms with E-state index in [1.807, 2.05) is 0 Å². The molecule has 1 aliphatic rings. The molecule has 1 aliphatic carbocycles. The van der Waals surface area contributed by atoms with Crippen molar-refractivity contribution >= 4 is 15.1 Å². The molecule has 0 nitrogen and oxygen atoms in total.